The van der Waals surface area contributed by atoms with Gasteiger partial charge in [0.05, 0.1) is 6.61 Å². The summed E-state index contributed by atoms with van der Waals surface area (Å²) in [6.07, 6.45) is 6.50. The molecule has 1 aliphatic carbocycles. The van der Waals surface area contributed by atoms with Crippen LogP contribution in [0.5, 0.6) is 11.5 Å². The number of hydrogen-bond acceptors (Lipinski definition) is 5. The molecule has 1 heterocycles. The first-order chi connectivity index (χ1) is 13.5. The minimum atomic E-state index is -0.749. The Morgan fingerprint density at radius 2 is 2.07 bits per heavy atom. The maximum atomic E-state index is 11.0. The van der Waals surface area contributed by atoms with Crippen LogP contribution in [0, 0.1) is 16.0 Å². The molecule has 0 spiro atoms. The maximum Gasteiger partial charge on any atom is 0.294 e. The van der Waals surface area contributed by atoms with Gasteiger partial charge in [-0.1, -0.05) is 31.9 Å². The quantitative estimate of drug-likeness (QED) is 0.275. The Kier molecular flexibility index (Phi) is 5.84. The molecule has 0 saturated heterocycles. The molecule has 1 N–H and O–H groups in total. The molecule has 2 atom stereocenters. The fraction of sp³-hybridized carbons (Fsp3) is 0.652. The Labute approximate surface area is 173 Å². The van der Waals surface area contributed by atoms with Gasteiger partial charge in [-0.2, -0.15) is 0 Å². The van der Waals surface area contributed by atoms with Gasteiger partial charge in [-0.3, -0.25) is 0 Å². The van der Waals surface area contributed by atoms with Crippen LogP contribution in [0.4, 0.5) is 0 Å². The summed E-state index contributed by atoms with van der Waals surface area (Å²) < 4.78 is 6.43. The molecule has 160 valence electrons. The average Bonchev–Trinajstić information content (AvgIpc) is 2.59. The summed E-state index contributed by atoms with van der Waals surface area (Å²) in [5.41, 5.74) is 2.87. The first-order valence-corrected chi connectivity index (χ1v) is 10.5. The predicted molar refractivity (Wildman–Crippen MR) is 112 cm³/mol. The van der Waals surface area contributed by atoms with Gasteiger partial charge in [0.1, 0.15) is 17.1 Å². The number of ether oxygens (including phenoxy) is 1. The number of aromatic hydroxyl groups is 1. The number of unbranched alkanes of at least 4 members (excludes halogenated alkanes) is 1. The Morgan fingerprint density at radius 3 is 2.76 bits per heavy atom. The van der Waals surface area contributed by atoms with Gasteiger partial charge in [0.15, 0.2) is 0 Å². The van der Waals surface area contributed by atoms with Gasteiger partial charge in [0, 0.05) is 17.4 Å². The molecule has 0 bridgehead atoms. The Balaban J connectivity index is 1.83. The van der Waals surface area contributed by atoms with Crippen molar-refractivity contribution >= 4 is 0 Å². The average molecular weight is 404 g/mol. The second-order valence-electron chi connectivity index (χ2n) is 9.71. The Bertz CT molecular complexity index is 812. The van der Waals surface area contributed by atoms with Crippen molar-refractivity contribution in [3.63, 3.8) is 0 Å². The second kappa shape index (κ2) is 7.88. The van der Waals surface area contributed by atoms with Crippen LogP contribution in [-0.4, -0.2) is 22.4 Å². The molecule has 29 heavy (non-hydrogen) atoms. The van der Waals surface area contributed by atoms with Crippen LogP contribution >= 0.6 is 0 Å². The maximum absolute atomic E-state index is 11.0. The van der Waals surface area contributed by atoms with Crippen molar-refractivity contribution in [3.05, 3.63) is 45.0 Å². The summed E-state index contributed by atoms with van der Waals surface area (Å²) >= 11 is 0. The lowest BCUT2D eigenvalue weighted by Crippen LogP contribution is -2.45. The van der Waals surface area contributed by atoms with E-state index in [0.29, 0.717) is 18.1 Å². The molecular weight excluding hydrogens is 370 g/mol. The highest BCUT2D eigenvalue weighted by Crippen LogP contribution is 2.54. The van der Waals surface area contributed by atoms with Crippen LogP contribution in [0.1, 0.15) is 83.8 Å². The lowest BCUT2D eigenvalue weighted by atomic mass is 9.66. The van der Waals surface area contributed by atoms with Crippen LogP contribution in [0.2, 0.25) is 0 Å². The number of nitrogens with zero attached hydrogens (tertiary/aromatic N) is 1. The van der Waals surface area contributed by atoms with Crippen molar-refractivity contribution in [2.75, 3.05) is 6.61 Å². The summed E-state index contributed by atoms with van der Waals surface area (Å²) in [6.45, 7) is 10.8. The molecular formula is C23H33NO5. The fourth-order valence-corrected chi connectivity index (χ4v) is 4.91. The molecule has 2 aliphatic rings. The monoisotopic (exact) mass is 403 g/mol. The third-order valence-electron chi connectivity index (χ3n) is 6.68. The van der Waals surface area contributed by atoms with Gasteiger partial charge in [-0.05, 0) is 69.6 Å². The van der Waals surface area contributed by atoms with E-state index in [2.05, 4.69) is 51.6 Å². The summed E-state index contributed by atoms with van der Waals surface area (Å²) in [5, 5.41) is 20.5. The first-order valence-electron chi connectivity index (χ1n) is 10.5. The molecule has 3 rings (SSSR count). The van der Waals surface area contributed by atoms with E-state index in [4.69, 9.17) is 4.74 Å². The number of hydrogen-bond donors (Lipinski definition) is 1. The number of phenols is 1. The topological polar surface area (TPSA) is 81.8 Å². The molecule has 6 nitrogen and oxygen atoms in total. The van der Waals surface area contributed by atoms with Gasteiger partial charge in [-0.15, -0.1) is 10.1 Å². The van der Waals surface area contributed by atoms with Crippen molar-refractivity contribution < 1.29 is 19.8 Å². The largest absolute Gasteiger partial charge is 0.508 e. The van der Waals surface area contributed by atoms with E-state index in [1.54, 1.807) is 0 Å². The highest BCUT2D eigenvalue weighted by Gasteiger charge is 2.46. The molecule has 0 amide bonds. The highest BCUT2D eigenvalue weighted by atomic mass is 16.9. The van der Waals surface area contributed by atoms with E-state index in [9.17, 15) is 15.2 Å². The van der Waals surface area contributed by atoms with E-state index in [1.165, 1.54) is 5.57 Å². The van der Waals surface area contributed by atoms with Crippen molar-refractivity contribution in [2.24, 2.45) is 5.92 Å². The van der Waals surface area contributed by atoms with Gasteiger partial charge in [0.2, 0.25) is 0 Å². The summed E-state index contributed by atoms with van der Waals surface area (Å²) in [5.74, 6) is 1.74. The van der Waals surface area contributed by atoms with E-state index in [-0.39, 0.29) is 23.5 Å². The smallest absolute Gasteiger partial charge is 0.294 e. The summed E-state index contributed by atoms with van der Waals surface area (Å²) in [6, 6.07) is 3.98. The number of fused-ring (bicyclic) bond motifs is 3. The molecule has 0 radical (unpaired) electrons. The third-order valence-corrected chi connectivity index (χ3v) is 6.68. The Morgan fingerprint density at radius 1 is 1.34 bits per heavy atom. The minimum Gasteiger partial charge on any atom is -0.508 e. The molecule has 0 saturated carbocycles. The van der Waals surface area contributed by atoms with Gasteiger partial charge in [0.25, 0.3) is 5.09 Å². The fourth-order valence-electron chi connectivity index (χ4n) is 4.91. The zero-order chi connectivity index (χ0) is 21.4. The molecule has 0 unspecified atom stereocenters. The molecule has 1 aromatic carbocycles. The number of benzene rings is 1. The van der Waals surface area contributed by atoms with E-state index in [0.717, 1.165) is 42.6 Å². The van der Waals surface area contributed by atoms with Crippen molar-refractivity contribution in [1.29, 1.82) is 0 Å². The molecule has 6 heteroatoms. The van der Waals surface area contributed by atoms with Gasteiger partial charge in [-0.25, -0.2) is 0 Å². The van der Waals surface area contributed by atoms with Crippen LogP contribution in [0.15, 0.2) is 23.8 Å². The van der Waals surface area contributed by atoms with Crippen molar-refractivity contribution in [2.45, 2.75) is 83.7 Å². The van der Waals surface area contributed by atoms with Crippen LogP contribution in [0.25, 0.3) is 0 Å². The summed E-state index contributed by atoms with van der Waals surface area (Å²) in [4.78, 5) is 14.7. The zero-order valence-corrected chi connectivity index (χ0v) is 18.2. The normalized spacial score (nSPS) is 22.7. The van der Waals surface area contributed by atoms with Gasteiger partial charge >= 0.3 is 0 Å². The third kappa shape index (κ3) is 4.51. The summed E-state index contributed by atoms with van der Waals surface area (Å²) in [7, 11) is 0. The SMILES string of the molecule is CC1=CC[C@@H]2[C@@H](C1)c1c(O)cc(C(C)(C)CCCCO[N+](=O)[O-])cc1OC2(C)C. The zero-order valence-electron chi connectivity index (χ0n) is 18.2. The number of allylic oxidation sites excluding steroid dienone is 2. The van der Waals surface area contributed by atoms with E-state index < -0.39 is 5.09 Å². The molecule has 1 aliphatic heterocycles. The standard InChI is InChI=1S/C23H33NO5/c1-15-8-9-18-17(12-15)21-19(25)13-16(14-20(21)29-23(18,4)5)22(2,3)10-6-7-11-28-24(26)27/h8,13-14,17-18,25H,6-7,9-12H2,1-5H3/t17-,18-/m1/s1. The first kappa shape index (κ1) is 21.5. The van der Waals surface area contributed by atoms with Crippen LogP contribution < -0.4 is 4.74 Å². The predicted octanol–water partition coefficient (Wildman–Crippen LogP) is 5.66. The minimum absolute atomic E-state index is 0.117. The lowest BCUT2D eigenvalue weighted by Gasteiger charge is -2.47. The number of rotatable bonds is 7. The van der Waals surface area contributed by atoms with E-state index >= 15 is 0 Å². The Hall–Kier alpha value is -2.24. The van der Waals surface area contributed by atoms with Crippen LogP contribution in [-0.2, 0) is 10.3 Å². The lowest BCUT2D eigenvalue weighted by molar-refractivity contribution is -0.757. The molecule has 1 aromatic rings. The second-order valence-corrected chi connectivity index (χ2v) is 9.71. The van der Waals surface area contributed by atoms with Crippen LogP contribution in [0.3, 0.4) is 0 Å². The van der Waals surface area contributed by atoms with Crippen molar-refractivity contribution in [1.82, 2.24) is 0 Å². The van der Waals surface area contributed by atoms with Crippen molar-refractivity contribution in [3.8, 4) is 11.5 Å². The number of phenolic OH excluding ortho intramolecular Hbond substituents is 1. The molecule has 0 aromatic heterocycles. The molecule has 0 fully saturated rings. The van der Waals surface area contributed by atoms with Gasteiger partial charge < -0.3 is 14.7 Å². The van der Waals surface area contributed by atoms with E-state index in [1.807, 2.05) is 6.07 Å². The highest BCUT2D eigenvalue weighted by molar-refractivity contribution is 5.54.